The van der Waals surface area contributed by atoms with E-state index in [4.69, 9.17) is 18.9 Å². The Bertz CT molecular complexity index is 854. The molecule has 1 aliphatic rings. The van der Waals surface area contributed by atoms with Crippen LogP contribution < -0.4 is 18.9 Å². The van der Waals surface area contributed by atoms with Crippen molar-refractivity contribution >= 4 is 17.5 Å². The number of aromatic hydroxyl groups is 1. The highest BCUT2D eigenvalue weighted by Gasteiger charge is 2.39. The number of fused-ring (bicyclic) bond motifs is 1. The Balaban J connectivity index is 2.06. The molecule has 0 saturated carbocycles. The van der Waals surface area contributed by atoms with Crippen molar-refractivity contribution < 1.29 is 28.8 Å². The summed E-state index contributed by atoms with van der Waals surface area (Å²) in [6.45, 7) is 1.97. The van der Waals surface area contributed by atoms with Gasteiger partial charge in [0.1, 0.15) is 0 Å². The Hall–Kier alpha value is -2.54. The Morgan fingerprint density at radius 2 is 1.56 bits per heavy atom. The van der Waals surface area contributed by atoms with Gasteiger partial charge in [0.2, 0.25) is 5.75 Å². The van der Waals surface area contributed by atoms with Crippen molar-refractivity contribution in [2.75, 3.05) is 28.4 Å². The second-order valence-electron chi connectivity index (χ2n) is 6.11. The van der Waals surface area contributed by atoms with Crippen molar-refractivity contribution in [2.24, 2.45) is 0 Å². The number of carbonyl (C=O) groups excluding carboxylic acids is 1. The van der Waals surface area contributed by atoms with Crippen LogP contribution in [0.5, 0.6) is 28.7 Å². The van der Waals surface area contributed by atoms with Gasteiger partial charge in [0.25, 0.3) is 0 Å². The first-order valence-electron chi connectivity index (χ1n) is 8.37. The van der Waals surface area contributed by atoms with Gasteiger partial charge in [-0.2, -0.15) is 0 Å². The van der Waals surface area contributed by atoms with E-state index in [0.29, 0.717) is 33.5 Å². The molecule has 0 fully saturated rings. The molecule has 1 aliphatic heterocycles. The molecule has 6 nitrogen and oxygen atoms in total. The standard InChI is InChI=1S/C20H22O6S/c1-10-16(12-6-7-13(23-2)18(22)20(12)27-10)17(21)11-8-14(24-3)19(26-5)15(9-11)25-4/h6-10,16,22H,1-5H3. The van der Waals surface area contributed by atoms with Gasteiger partial charge in [0.05, 0.1) is 39.3 Å². The molecule has 2 aromatic carbocycles. The van der Waals surface area contributed by atoms with Gasteiger partial charge in [-0.05, 0) is 23.8 Å². The molecule has 2 aromatic rings. The van der Waals surface area contributed by atoms with Crippen molar-refractivity contribution in [3.8, 4) is 28.7 Å². The largest absolute Gasteiger partial charge is 0.503 e. The van der Waals surface area contributed by atoms with E-state index in [1.165, 1.54) is 40.2 Å². The predicted molar refractivity (Wildman–Crippen MR) is 103 cm³/mol. The Kier molecular flexibility index (Phi) is 5.41. The van der Waals surface area contributed by atoms with Crippen molar-refractivity contribution in [3.05, 3.63) is 35.4 Å². The van der Waals surface area contributed by atoms with Gasteiger partial charge in [-0.15, -0.1) is 11.8 Å². The lowest BCUT2D eigenvalue weighted by atomic mass is 9.88. The van der Waals surface area contributed by atoms with Crippen LogP contribution in [0.25, 0.3) is 0 Å². The number of methoxy groups -OCH3 is 4. The maximum atomic E-state index is 13.3. The molecule has 0 saturated heterocycles. The number of carbonyl (C=O) groups is 1. The summed E-state index contributed by atoms with van der Waals surface area (Å²) in [6.07, 6.45) is 0. The Morgan fingerprint density at radius 3 is 2.07 bits per heavy atom. The van der Waals surface area contributed by atoms with Gasteiger partial charge < -0.3 is 24.1 Å². The maximum absolute atomic E-state index is 13.3. The molecule has 0 aliphatic carbocycles. The van der Waals surface area contributed by atoms with E-state index in [-0.39, 0.29) is 16.8 Å². The number of thioether (sulfide) groups is 1. The molecule has 1 heterocycles. The molecule has 0 amide bonds. The lowest BCUT2D eigenvalue weighted by Gasteiger charge is -2.18. The zero-order chi connectivity index (χ0) is 19.7. The molecule has 1 N–H and O–H groups in total. The maximum Gasteiger partial charge on any atom is 0.203 e. The van der Waals surface area contributed by atoms with Crippen LogP contribution in [0, 0.1) is 0 Å². The van der Waals surface area contributed by atoms with E-state index < -0.39 is 5.92 Å². The molecule has 2 unspecified atom stereocenters. The predicted octanol–water partition coefficient (Wildman–Crippen LogP) is 3.89. The number of phenols is 1. The van der Waals surface area contributed by atoms with Crippen LogP contribution in [0.2, 0.25) is 0 Å². The highest BCUT2D eigenvalue weighted by atomic mass is 32.2. The van der Waals surface area contributed by atoms with Crippen molar-refractivity contribution in [1.82, 2.24) is 0 Å². The van der Waals surface area contributed by atoms with E-state index in [0.717, 1.165) is 5.56 Å². The number of hydrogen-bond donors (Lipinski definition) is 1. The lowest BCUT2D eigenvalue weighted by Crippen LogP contribution is -2.18. The smallest absolute Gasteiger partial charge is 0.203 e. The number of ketones is 1. The van der Waals surface area contributed by atoms with Crippen molar-refractivity contribution in [3.63, 3.8) is 0 Å². The van der Waals surface area contributed by atoms with Crippen LogP contribution in [0.1, 0.15) is 28.8 Å². The number of hydrogen-bond acceptors (Lipinski definition) is 7. The zero-order valence-electron chi connectivity index (χ0n) is 15.9. The minimum atomic E-state index is -0.399. The van der Waals surface area contributed by atoms with Gasteiger partial charge in [-0.3, -0.25) is 4.79 Å². The topological polar surface area (TPSA) is 74.2 Å². The van der Waals surface area contributed by atoms with Crippen LogP contribution >= 0.6 is 11.8 Å². The molecule has 27 heavy (non-hydrogen) atoms. The number of rotatable bonds is 6. The Labute approximate surface area is 162 Å². The third-order valence-corrected chi connectivity index (χ3v) is 5.99. The molecule has 0 aromatic heterocycles. The number of Topliss-reactive ketones (excluding diaryl/α,β-unsaturated/α-hetero) is 1. The molecule has 3 rings (SSSR count). The number of benzene rings is 2. The first-order chi connectivity index (χ1) is 13.0. The normalized spacial score (nSPS) is 18.0. The Morgan fingerprint density at radius 1 is 0.963 bits per heavy atom. The molecule has 2 atom stereocenters. The van der Waals surface area contributed by atoms with E-state index in [9.17, 15) is 9.90 Å². The zero-order valence-corrected chi connectivity index (χ0v) is 16.7. The van der Waals surface area contributed by atoms with E-state index in [1.54, 1.807) is 18.2 Å². The number of ether oxygens (including phenoxy) is 4. The van der Waals surface area contributed by atoms with Crippen LogP contribution in [0.4, 0.5) is 0 Å². The minimum absolute atomic E-state index is 0.0374. The summed E-state index contributed by atoms with van der Waals surface area (Å²) in [5.74, 6) is 1.30. The van der Waals surface area contributed by atoms with E-state index in [1.807, 2.05) is 13.0 Å². The average Bonchev–Trinajstić information content (AvgIpc) is 3.03. The van der Waals surface area contributed by atoms with Crippen LogP contribution in [0.3, 0.4) is 0 Å². The summed E-state index contributed by atoms with van der Waals surface area (Å²) in [7, 11) is 6.05. The molecular weight excluding hydrogens is 368 g/mol. The second-order valence-corrected chi connectivity index (χ2v) is 7.50. The minimum Gasteiger partial charge on any atom is -0.503 e. The van der Waals surface area contributed by atoms with Gasteiger partial charge in [0.15, 0.2) is 28.8 Å². The molecule has 0 bridgehead atoms. The van der Waals surface area contributed by atoms with Gasteiger partial charge in [-0.25, -0.2) is 0 Å². The fraction of sp³-hybridized carbons (Fsp3) is 0.350. The SMILES string of the molecule is COc1ccc2c(c1O)SC(C)C2C(=O)c1cc(OC)c(OC)c(OC)c1. The summed E-state index contributed by atoms with van der Waals surface area (Å²) >= 11 is 1.47. The molecule has 7 heteroatoms. The second kappa shape index (κ2) is 7.60. The first kappa shape index (κ1) is 19.2. The highest BCUT2D eigenvalue weighted by Crippen LogP contribution is 2.53. The summed E-state index contributed by atoms with van der Waals surface area (Å²) in [6, 6.07) is 6.83. The summed E-state index contributed by atoms with van der Waals surface area (Å²) in [5.41, 5.74) is 1.26. The quantitative estimate of drug-likeness (QED) is 0.750. The van der Waals surface area contributed by atoms with Crippen LogP contribution in [-0.4, -0.2) is 44.6 Å². The first-order valence-corrected chi connectivity index (χ1v) is 9.25. The van der Waals surface area contributed by atoms with Gasteiger partial charge in [-0.1, -0.05) is 13.0 Å². The molecule has 0 radical (unpaired) electrons. The van der Waals surface area contributed by atoms with Gasteiger partial charge in [0, 0.05) is 10.8 Å². The number of phenolic OH excluding ortho intramolecular Hbond substituents is 1. The van der Waals surface area contributed by atoms with Gasteiger partial charge >= 0.3 is 0 Å². The summed E-state index contributed by atoms with van der Waals surface area (Å²) in [5, 5.41) is 10.4. The van der Waals surface area contributed by atoms with Crippen LogP contribution in [0.15, 0.2) is 29.2 Å². The summed E-state index contributed by atoms with van der Waals surface area (Å²) in [4.78, 5) is 14.0. The highest BCUT2D eigenvalue weighted by molar-refractivity contribution is 8.00. The van der Waals surface area contributed by atoms with E-state index >= 15 is 0 Å². The van der Waals surface area contributed by atoms with E-state index in [2.05, 4.69) is 0 Å². The fourth-order valence-corrected chi connectivity index (χ4v) is 4.69. The summed E-state index contributed by atoms with van der Waals surface area (Å²) < 4.78 is 21.2. The molecular formula is C20H22O6S. The monoisotopic (exact) mass is 390 g/mol. The van der Waals surface area contributed by atoms with Crippen LogP contribution in [-0.2, 0) is 0 Å². The molecule has 0 spiro atoms. The third-order valence-electron chi connectivity index (χ3n) is 4.68. The average molecular weight is 390 g/mol. The third kappa shape index (κ3) is 3.16. The van der Waals surface area contributed by atoms with Crippen molar-refractivity contribution in [2.45, 2.75) is 23.0 Å². The lowest BCUT2D eigenvalue weighted by molar-refractivity contribution is 0.0959. The fourth-order valence-electron chi connectivity index (χ4n) is 3.37. The molecule has 144 valence electrons. The van der Waals surface area contributed by atoms with Crippen molar-refractivity contribution in [1.29, 1.82) is 0 Å².